The fourth-order valence-corrected chi connectivity index (χ4v) is 9.12. The van der Waals surface area contributed by atoms with Crippen LogP contribution in [-0.4, -0.2) is 12.7 Å². The summed E-state index contributed by atoms with van der Waals surface area (Å²) in [4.78, 5) is 12.9. The largest absolute Gasteiger partial charge is 0.365 e. The molecular weight excluding hydrogens is 599 g/mol. The first-order chi connectivity index (χ1) is 20.5. The predicted octanol–water partition coefficient (Wildman–Crippen LogP) is 10.1. The molecule has 4 heterocycles. The molecular formula is C34H28Cl2N4S2. The Morgan fingerprint density at radius 1 is 0.786 bits per heavy atom. The van der Waals surface area contributed by atoms with Gasteiger partial charge in [-0.05, 0) is 49.1 Å². The molecule has 4 nitrogen and oxygen atoms in total. The zero-order chi connectivity index (χ0) is 28.8. The van der Waals surface area contributed by atoms with Crippen molar-refractivity contribution < 1.29 is 0 Å². The van der Waals surface area contributed by atoms with Crippen molar-refractivity contribution in [3.8, 4) is 10.4 Å². The lowest BCUT2D eigenvalue weighted by Crippen LogP contribution is -2.24. The monoisotopic (exact) mass is 626 g/mol. The van der Waals surface area contributed by atoms with E-state index in [4.69, 9.17) is 23.2 Å². The van der Waals surface area contributed by atoms with E-state index in [1.54, 1.807) is 17.7 Å². The lowest BCUT2D eigenvalue weighted by atomic mass is 9.90. The van der Waals surface area contributed by atoms with Crippen LogP contribution in [-0.2, 0) is 6.42 Å². The summed E-state index contributed by atoms with van der Waals surface area (Å²) < 4.78 is 0.821. The van der Waals surface area contributed by atoms with Crippen LogP contribution in [0.1, 0.15) is 62.5 Å². The number of para-hydroxylation sites is 2. The van der Waals surface area contributed by atoms with Gasteiger partial charge in [0, 0.05) is 47.5 Å². The van der Waals surface area contributed by atoms with Crippen LogP contribution in [0.3, 0.4) is 0 Å². The molecule has 0 spiro atoms. The van der Waals surface area contributed by atoms with E-state index in [9.17, 15) is 0 Å². The third-order valence-electron chi connectivity index (χ3n) is 8.10. The maximum atomic E-state index is 6.90. The molecule has 3 atom stereocenters. The molecule has 0 fully saturated rings. The number of benzene rings is 3. The van der Waals surface area contributed by atoms with E-state index in [0.29, 0.717) is 0 Å². The Bertz CT molecular complexity index is 1850. The molecule has 3 unspecified atom stereocenters. The van der Waals surface area contributed by atoms with E-state index in [2.05, 4.69) is 83.0 Å². The summed E-state index contributed by atoms with van der Waals surface area (Å²) in [5.41, 5.74) is 9.02. The van der Waals surface area contributed by atoms with Crippen molar-refractivity contribution in [1.29, 1.82) is 0 Å². The standard InChI is InChI=1S/C34H28Cl2N4S2/c1-19(28-16-24(34(36)42-28)31-22-10-4-7-13-26(22)37-17-39-31)15-29-20(2)30(33(41-29)21-9-3-6-12-25(21)35)32-23-11-5-8-14-27(23)38-18-40-32/h3-14,16-19,31-32H,15H2,1-2H3,(H,37,39)(H,38,40). The summed E-state index contributed by atoms with van der Waals surface area (Å²) >= 11 is 17.2. The van der Waals surface area contributed by atoms with Crippen LogP contribution in [0.2, 0.25) is 9.36 Å². The Labute approximate surface area is 263 Å². The quantitative estimate of drug-likeness (QED) is 0.197. The van der Waals surface area contributed by atoms with Crippen molar-refractivity contribution in [2.45, 2.75) is 38.3 Å². The van der Waals surface area contributed by atoms with Gasteiger partial charge in [0.1, 0.15) is 0 Å². The van der Waals surface area contributed by atoms with Crippen LogP contribution < -0.4 is 10.6 Å². The molecule has 0 radical (unpaired) electrons. The van der Waals surface area contributed by atoms with Crippen LogP contribution in [0, 0.1) is 6.92 Å². The van der Waals surface area contributed by atoms with Crippen LogP contribution in [0.4, 0.5) is 11.4 Å². The fraction of sp³-hybridized carbons (Fsp3) is 0.176. The first kappa shape index (κ1) is 27.4. The van der Waals surface area contributed by atoms with E-state index >= 15 is 0 Å². The third-order valence-corrected chi connectivity index (χ3v) is 11.4. The molecule has 8 heteroatoms. The molecule has 2 N–H and O–H groups in total. The molecule has 0 saturated heterocycles. The average Bonchev–Trinajstić information content (AvgIpc) is 3.56. The fourth-order valence-electron chi connectivity index (χ4n) is 5.92. The number of nitrogens with zero attached hydrogens (tertiary/aromatic N) is 2. The maximum absolute atomic E-state index is 6.90. The number of halogens is 2. The maximum Gasteiger partial charge on any atom is 0.0987 e. The normalized spacial score (nSPS) is 17.7. The van der Waals surface area contributed by atoms with Gasteiger partial charge in [0.25, 0.3) is 0 Å². The minimum atomic E-state index is -0.00981. The van der Waals surface area contributed by atoms with Gasteiger partial charge in [-0.3, -0.25) is 0 Å². The minimum Gasteiger partial charge on any atom is -0.365 e. The summed E-state index contributed by atoms with van der Waals surface area (Å²) in [5, 5.41) is 7.74. The van der Waals surface area contributed by atoms with Crippen molar-refractivity contribution in [1.82, 2.24) is 10.6 Å². The molecule has 210 valence electrons. The number of rotatable bonds is 6. The molecule has 0 amide bonds. The second kappa shape index (κ2) is 11.3. The summed E-state index contributed by atoms with van der Waals surface area (Å²) in [6, 6.07) is 27.0. The Kier molecular flexibility index (Phi) is 7.40. The topological polar surface area (TPSA) is 48.8 Å². The van der Waals surface area contributed by atoms with Crippen molar-refractivity contribution in [3.05, 3.63) is 126 Å². The Hall–Kier alpha value is -3.42. The minimum absolute atomic E-state index is 0.00725. The van der Waals surface area contributed by atoms with Gasteiger partial charge in [-0.2, -0.15) is 0 Å². The molecule has 3 aromatic carbocycles. The molecule has 7 rings (SSSR count). The molecule has 2 aliphatic heterocycles. The first-order valence-electron chi connectivity index (χ1n) is 13.9. The van der Waals surface area contributed by atoms with Crippen LogP contribution >= 0.6 is 45.9 Å². The van der Waals surface area contributed by atoms with Crippen molar-refractivity contribution in [3.63, 3.8) is 0 Å². The first-order valence-corrected chi connectivity index (χ1v) is 16.3. The molecule has 42 heavy (non-hydrogen) atoms. The highest BCUT2D eigenvalue weighted by molar-refractivity contribution is 7.17. The van der Waals surface area contributed by atoms with Gasteiger partial charge in [-0.15, -0.1) is 22.7 Å². The summed E-state index contributed by atoms with van der Waals surface area (Å²) in [7, 11) is 0. The molecule has 5 aromatic rings. The molecule has 2 aromatic heterocycles. The zero-order valence-corrected chi connectivity index (χ0v) is 26.2. The molecule has 0 aliphatic carbocycles. The number of fused-ring (bicyclic) bond motifs is 2. The van der Waals surface area contributed by atoms with Crippen LogP contribution in [0.25, 0.3) is 10.4 Å². The van der Waals surface area contributed by atoms with Crippen LogP contribution in [0.5, 0.6) is 0 Å². The zero-order valence-electron chi connectivity index (χ0n) is 23.1. The van der Waals surface area contributed by atoms with Gasteiger partial charge in [0.15, 0.2) is 0 Å². The molecule has 2 aliphatic rings. The van der Waals surface area contributed by atoms with Gasteiger partial charge in [-0.1, -0.05) is 84.7 Å². The van der Waals surface area contributed by atoms with E-state index in [-0.39, 0.29) is 18.0 Å². The predicted molar refractivity (Wildman–Crippen MR) is 180 cm³/mol. The Morgan fingerprint density at radius 3 is 2.12 bits per heavy atom. The van der Waals surface area contributed by atoms with Crippen LogP contribution in [0.15, 0.2) is 88.8 Å². The second-order valence-electron chi connectivity index (χ2n) is 10.7. The lowest BCUT2D eigenvalue weighted by Gasteiger charge is -2.25. The lowest BCUT2D eigenvalue weighted by molar-refractivity contribution is 0.746. The van der Waals surface area contributed by atoms with Gasteiger partial charge in [-0.25, -0.2) is 9.98 Å². The number of nitrogens with one attached hydrogen (secondary N) is 2. The summed E-state index contributed by atoms with van der Waals surface area (Å²) in [6.45, 7) is 4.55. The Balaban J connectivity index is 1.25. The van der Waals surface area contributed by atoms with E-state index in [0.717, 1.165) is 43.8 Å². The van der Waals surface area contributed by atoms with Crippen molar-refractivity contribution in [2.75, 3.05) is 0 Å². The number of thiophene rings is 2. The number of aliphatic imine (C=N–C) groups is 2. The van der Waals surface area contributed by atoms with Gasteiger partial charge in [0.2, 0.25) is 0 Å². The van der Waals surface area contributed by atoms with Gasteiger partial charge < -0.3 is 10.6 Å². The SMILES string of the molecule is Cc1c(CC(C)c2cc(C3NC=Nc4ccccc43)c(Cl)s2)sc(-c2ccccc2Cl)c1C1NC=Nc2ccccc21. The highest BCUT2D eigenvalue weighted by Crippen LogP contribution is 2.48. The smallest absolute Gasteiger partial charge is 0.0987 e. The third kappa shape index (κ3) is 4.86. The highest BCUT2D eigenvalue weighted by atomic mass is 35.5. The summed E-state index contributed by atoms with van der Waals surface area (Å²) in [5.74, 6) is 0.284. The number of hydrogen-bond acceptors (Lipinski definition) is 6. The average molecular weight is 628 g/mol. The molecule has 0 saturated carbocycles. The Morgan fingerprint density at radius 2 is 1.40 bits per heavy atom. The van der Waals surface area contributed by atoms with Gasteiger partial charge >= 0.3 is 0 Å². The van der Waals surface area contributed by atoms with E-state index in [1.165, 1.54) is 31.3 Å². The van der Waals surface area contributed by atoms with E-state index in [1.807, 2.05) is 48.0 Å². The summed E-state index contributed by atoms with van der Waals surface area (Å²) in [6.07, 6.45) is 4.50. The second-order valence-corrected chi connectivity index (χ2v) is 13.9. The van der Waals surface area contributed by atoms with Crippen molar-refractivity contribution >= 4 is 69.9 Å². The van der Waals surface area contributed by atoms with Gasteiger partial charge in [0.05, 0.1) is 40.5 Å². The highest BCUT2D eigenvalue weighted by Gasteiger charge is 2.30. The number of hydrogen-bond donors (Lipinski definition) is 2. The molecule has 0 bridgehead atoms. The van der Waals surface area contributed by atoms with Crippen molar-refractivity contribution in [2.24, 2.45) is 9.98 Å². The van der Waals surface area contributed by atoms with E-state index < -0.39 is 0 Å².